The van der Waals surface area contributed by atoms with E-state index in [2.05, 4.69) is 25.9 Å². The first-order valence-corrected chi connectivity index (χ1v) is 17.0. The Labute approximate surface area is 264 Å². The summed E-state index contributed by atoms with van der Waals surface area (Å²) in [5, 5.41) is 10.8. The van der Waals surface area contributed by atoms with Crippen LogP contribution in [0.1, 0.15) is 70.4 Å². The number of hydrogen-bond donors (Lipinski definition) is 3. The molecule has 0 saturated carbocycles. The fourth-order valence-electron chi connectivity index (χ4n) is 5.42. The zero-order chi connectivity index (χ0) is 30.0. The average Bonchev–Trinajstić information content (AvgIpc) is 3.54. The number of urea groups is 1. The van der Waals surface area contributed by atoms with Gasteiger partial charge < -0.3 is 15.4 Å². The highest BCUT2D eigenvalue weighted by molar-refractivity contribution is 7.99. The van der Waals surface area contributed by atoms with Crippen LogP contribution in [0.3, 0.4) is 0 Å². The number of aromatic nitrogens is 2. The Morgan fingerprint density at radius 1 is 1.00 bits per heavy atom. The maximum Gasteiger partial charge on any atom is 0.341 e. The van der Waals surface area contributed by atoms with Crippen LogP contribution in [0.5, 0.6) is 0 Å². The van der Waals surface area contributed by atoms with Gasteiger partial charge >= 0.3 is 12.0 Å². The van der Waals surface area contributed by atoms with Crippen molar-refractivity contribution < 1.29 is 14.3 Å². The Hall–Kier alpha value is -3.25. The van der Waals surface area contributed by atoms with Crippen LogP contribution in [0.4, 0.5) is 9.80 Å². The molecule has 0 saturated heterocycles. The lowest BCUT2D eigenvalue weighted by Crippen LogP contribution is -2.30. The summed E-state index contributed by atoms with van der Waals surface area (Å²) in [5.74, 6) is -0.377. The van der Waals surface area contributed by atoms with Crippen LogP contribution >= 0.6 is 34.4 Å². The van der Waals surface area contributed by atoms with E-state index in [4.69, 9.17) is 4.74 Å². The van der Waals surface area contributed by atoms with Gasteiger partial charge in [-0.15, -0.1) is 22.7 Å². The van der Waals surface area contributed by atoms with E-state index in [0.29, 0.717) is 22.3 Å². The molecule has 0 spiro atoms. The number of fused-ring (bicyclic) bond motifs is 2. The first-order chi connectivity index (χ1) is 20.7. The van der Waals surface area contributed by atoms with Gasteiger partial charge in [-0.05, 0) is 100 Å². The fourth-order valence-corrected chi connectivity index (χ4v) is 8.71. The number of carbonyl (C=O) groups excluding carboxylic acids is 2. The molecule has 4 aromatic rings. The molecule has 11 heteroatoms. The molecule has 4 heterocycles. The summed E-state index contributed by atoms with van der Waals surface area (Å²) in [6.07, 6.45) is 8.50. The molecule has 0 bridgehead atoms. The highest BCUT2D eigenvalue weighted by Gasteiger charge is 2.30. The molecular weight excluding hydrogens is 599 g/mol. The Morgan fingerprint density at radius 3 is 2.53 bits per heavy atom. The van der Waals surface area contributed by atoms with Crippen molar-refractivity contribution in [2.24, 2.45) is 0 Å². The van der Waals surface area contributed by atoms with E-state index in [1.54, 1.807) is 11.3 Å². The summed E-state index contributed by atoms with van der Waals surface area (Å²) in [7, 11) is 0. The third-order valence-corrected chi connectivity index (χ3v) is 10.7. The summed E-state index contributed by atoms with van der Waals surface area (Å²) in [6, 6.07) is 9.74. The lowest BCUT2D eigenvalue weighted by Gasteiger charge is -2.21. The molecule has 224 valence electrons. The minimum absolute atomic E-state index is 0.339. The van der Waals surface area contributed by atoms with E-state index in [0.717, 1.165) is 76.5 Å². The number of carbonyl (C=O) groups is 2. The number of aryl methyl sites for hydroxylation is 1. The van der Waals surface area contributed by atoms with Crippen molar-refractivity contribution in [3.8, 4) is 10.4 Å². The maximum atomic E-state index is 13.3. The monoisotopic (exact) mass is 633 g/mol. The van der Waals surface area contributed by atoms with Crippen molar-refractivity contribution in [3.05, 3.63) is 74.7 Å². The number of amides is 2. The summed E-state index contributed by atoms with van der Waals surface area (Å²) >= 11 is 4.75. The number of rotatable bonds is 7. The molecule has 2 aliphatic rings. The minimum atomic E-state index is -0.619. The molecule has 0 radical (unpaired) electrons. The van der Waals surface area contributed by atoms with E-state index in [1.807, 2.05) is 63.5 Å². The zero-order valence-corrected chi connectivity index (χ0v) is 27.0. The molecule has 1 aromatic carbocycles. The molecule has 43 heavy (non-hydrogen) atoms. The second-order valence-electron chi connectivity index (χ2n) is 11.6. The molecule has 1 aliphatic carbocycles. The van der Waals surface area contributed by atoms with Crippen LogP contribution in [-0.2, 0) is 37.1 Å². The Kier molecular flexibility index (Phi) is 8.85. The van der Waals surface area contributed by atoms with Crippen molar-refractivity contribution in [3.63, 3.8) is 0 Å². The minimum Gasteiger partial charge on any atom is -0.456 e. The van der Waals surface area contributed by atoms with E-state index < -0.39 is 5.60 Å². The van der Waals surface area contributed by atoms with Gasteiger partial charge in [0.15, 0.2) is 5.16 Å². The first kappa shape index (κ1) is 29.8. The van der Waals surface area contributed by atoms with E-state index in [-0.39, 0.29) is 12.0 Å². The summed E-state index contributed by atoms with van der Waals surface area (Å²) in [5.41, 5.74) is 4.23. The molecule has 2 amide bonds. The third-order valence-electron chi connectivity index (χ3n) is 7.31. The number of nitrogens with zero attached hydrogens (tertiary/aromatic N) is 2. The topological polar surface area (TPSA) is 105 Å². The van der Waals surface area contributed by atoms with Gasteiger partial charge in [-0.2, -0.15) is 0 Å². The van der Waals surface area contributed by atoms with Gasteiger partial charge in [0.1, 0.15) is 10.6 Å². The summed E-state index contributed by atoms with van der Waals surface area (Å²) in [4.78, 5) is 40.4. The largest absolute Gasteiger partial charge is 0.456 e. The van der Waals surface area contributed by atoms with E-state index in [1.165, 1.54) is 33.5 Å². The Balaban J connectivity index is 1.21. The summed E-state index contributed by atoms with van der Waals surface area (Å²) in [6.45, 7) is 7.64. The van der Waals surface area contributed by atoms with Crippen LogP contribution < -0.4 is 16.0 Å². The molecule has 0 fully saturated rings. The van der Waals surface area contributed by atoms with E-state index in [9.17, 15) is 9.59 Å². The molecule has 3 aromatic heterocycles. The van der Waals surface area contributed by atoms with Crippen molar-refractivity contribution in [2.75, 3.05) is 11.9 Å². The van der Waals surface area contributed by atoms with Crippen molar-refractivity contribution >= 4 is 51.4 Å². The highest BCUT2D eigenvalue weighted by Crippen LogP contribution is 2.40. The number of thiophene rings is 2. The van der Waals surface area contributed by atoms with Gasteiger partial charge in [0.05, 0.1) is 5.56 Å². The maximum absolute atomic E-state index is 13.3. The molecule has 3 N–H and O–H groups in total. The second-order valence-corrected chi connectivity index (χ2v) is 14.9. The fraction of sp³-hybridized carbons (Fsp3) is 0.375. The average molecular weight is 634 g/mol. The first-order valence-electron chi connectivity index (χ1n) is 14.6. The van der Waals surface area contributed by atoms with Crippen LogP contribution in [0.2, 0.25) is 0 Å². The van der Waals surface area contributed by atoms with Crippen LogP contribution in [0.15, 0.2) is 52.8 Å². The van der Waals surface area contributed by atoms with Gasteiger partial charge in [0.25, 0.3) is 0 Å². The molecule has 8 nitrogen and oxygen atoms in total. The second kappa shape index (κ2) is 12.8. The smallest absolute Gasteiger partial charge is 0.341 e. The number of benzene rings is 1. The van der Waals surface area contributed by atoms with Gasteiger partial charge in [-0.1, -0.05) is 18.2 Å². The molecule has 6 rings (SSSR count). The third kappa shape index (κ3) is 6.95. The standard InChI is InChI=1S/C32H35N5O3S3/c1-32(2,3)40-29(38)26-22-11-7-8-12-24(22)43-28(26)37-30(39)34-17-23-21-13-14-33-18-25(21)42-27(23)19-15-35-31(36-16-19)41-20-9-5-4-6-10-20/h4-6,9-10,15-16,33H,7-8,11-14,17-18H2,1-3H3,(H2,34,37,39). The highest BCUT2D eigenvalue weighted by atomic mass is 32.2. The van der Waals surface area contributed by atoms with Gasteiger partial charge in [-0.3, -0.25) is 5.32 Å². The number of hydrogen-bond acceptors (Lipinski definition) is 9. The predicted molar refractivity (Wildman–Crippen MR) is 173 cm³/mol. The number of anilines is 1. The Morgan fingerprint density at radius 2 is 1.77 bits per heavy atom. The van der Waals surface area contributed by atoms with Gasteiger partial charge in [0, 0.05) is 50.6 Å². The normalized spacial score (nSPS) is 14.5. The van der Waals surface area contributed by atoms with E-state index >= 15 is 0 Å². The van der Waals surface area contributed by atoms with Crippen molar-refractivity contribution in [2.45, 2.75) is 81.6 Å². The Bertz CT molecular complexity index is 1620. The van der Waals surface area contributed by atoms with Crippen LogP contribution in [0, 0.1) is 0 Å². The zero-order valence-electron chi connectivity index (χ0n) is 24.5. The SMILES string of the molecule is CC(C)(C)OC(=O)c1c(NC(=O)NCc2c(-c3cnc(Sc4ccccc4)nc3)sc3c2CCNC3)sc2c1CCCC2. The lowest BCUT2D eigenvalue weighted by atomic mass is 9.95. The number of ether oxygens (including phenoxy) is 1. The molecular formula is C32H35N5O3S3. The van der Waals surface area contributed by atoms with Crippen molar-refractivity contribution in [1.29, 1.82) is 0 Å². The number of esters is 1. The summed E-state index contributed by atoms with van der Waals surface area (Å²) < 4.78 is 5.74. The lowest BCUT2D eigenvalue weighted by molar-refractivity contribution is 0.00699. The molecule has 1 aliphatic heterocycles. The van der Waals surface area contributed by atoms with Crippen LogP contribution in [-0.4, -0.2) is 34.1 Å². The predicted octanol–water partition coefficient (Wildman–Crippen LogP) is 7.22. The van der Waals surface area contributed by atoms with Crippen LogP contribution in [0.25, 0.3) is 10.4 Å². The van der Waals surface area contributed by atoms with Gasteiger partial charge in [-0.25, -0.2) is 19.6 Å². The molecule has 0 atom stereocenters. The molecule has 0 unspecified atom stereocenters. The quantitative estimate of drug-likeness (QED) is 0.146. The van der Waals surface area contributed by atoms with Gasteiger partial charge in [0.2, 0.25) is 0 Å². The number of nitrogens with one attached hydrogen (secondary N) is 3. The van der Waals surface area contributed by atoms with Crippen molar-refractivity contribution in [1.82, 2.24) is 20.6 Å².